The maximum atomic E-state index is 13.1. The summed E-state index contributed by atoms with van der Waals surface area (Å²) < 4.78 is 13.9. The van der Waals surface area contributed by atoms with Crippen LogP contribution in [0.5, 0.6) is 0 Å². The molecule has 1 aliphatic rings. The Morgan fingerprint density at radius 1 is 1.40 bits per heavy atom. The van der Waals surface area contributed by atoms with Crippen molar-refractivity contribution >= 4 is 15.9 Å². The number of nitrogens with zero attached hydrogens (tertiary/aromatic N) is 2. The molecule has 1 heterocycles. The molecule has 0 bridgehead atoms. The van der Waals surface area contributed by atoms with Gasteiger partial charge in [-0.25, -0.2) is 4.39 Å². The largest absolute Gasteiger partial charge is 0.309 e. The molecule has 3 nitrogen and oxygen atoms in total. The highest BCUT2D eigenvalue weighted by atomic mass is 79.9. The molecule has 0 spiro atoms. The van der Waals surface area contributed by atoms with Crippen LogP contribution in [0.15, 0.2) is 22.7 Å². The van der Waals surface area contributed by atoms with Crippen LogP contribution in [0.4, 0.5) is 4.39 Å². The number of piperazine rings is 1. The number of hydrogen-bond acceptors (Lipinski definition) is 3. The number of hydrogen-bond donors (Lipinski definition) is 1. The summed E-state index contributed by atoms with van der Waals surface area (Å²) >= 11 is 3.44. The zero-order valence-corrected chi connectivity index (χ0v) is 14.0. The second-order valence-electron chi connectivity index (χ2n) is 5.69. The van der Waals surface area contributed by atoms with Gasteiger partial charge in [0.15, 0.2) is 0 Å². The summed E-state index contributed by atoms with van der Waals surface area (Å²) in [6.45, 7) is 6.38. The van der Waals surface area contributed by atoms with Crippen molar-refractivity contribution in [2.75, 3.05) is 40.3 Å². The molecule has 0 aromatic heterocycles. The van der Waals surface area contributed by atoms with Gasteiger partial charge < -0.3 is 10.2 Å². The fourth-order valence-electron chi connectivity index (χ4n) is 2.60. The first-order valence-corrected chi connectivity index (χ1v) is 7.84. The van der Waals surface area contributed by atoms with Gasteiger partial charge >= 0.3 is 0 Å². The van der Waals surface area contributed by atoms with Crippen molar-refractivity contribution in [1.82, 2.24) is 15.1 Å². The lowest BCUT2D eigenvalue weighted by atomic mass is 10.1. The molecule has 0 saturated carbocycles. The van der Waals surface area contributed by atoms with Crippen LogP contribution in [0.2, 0.25) is 0 Å². The van der Waals surface area contributed by atoms with Crippen molar-refractivity contribution in [2.45, 2.75) is 19.0 Å². The molecule has 2 atom stereocenters. The molecule has 0 amide bonds. The lowest BCUT2D eigenvalue weighted by Crippen LogP contribution is -2.53. The Kier molecular flexibility index (Phi) is 5.55. The molecule has 1 aromatic rings. The van der Waals surface area contributed by atoms with Gasteiger partial charge in [-0.1, -0.05) is 22.0 Å². The predicted molar refractivity (Wildman–Crippen MR) is 84.4 cm³/mol. The Bertz CT molecular complexity index is 455. The summed E-state index contributed by atoms with van der Waals surface area (Å²) in [6.07, 6.45) is 0. The average molecular weight is 344 g/mol. The van der Waals surface area contributed by atoms with E-state index in [1.54, 1.807) is 0 Å². The number of rotatable bonds is 4. The molecule has 112 valence electrons. The average Bonchev–Trinajstić information content (AvgIpc) is 2.39. The van der Waals surface area contributed by atoms with E-state index in [2.05, 4.69) is 52.1 Å². The normalized spacial score (nSPS) is 22.9. The van der Waals surface area contributed by atoms with Crippen LogP contribution in [0, 0.1) is 5.82 Å². The highest BCUT2D eigenvalue weighted by Gasteiger charge is 2.22. The molecular formula is C15H23BrFN3. The van der Waals surface area contributed by atoms with Crippen LogP contribution < -0.4 is 5.32 Å². The van der Waals surface area contributed by atoms with Gasteiger partial charge in [-0.3, -0.25) is 4.90 Å². The molecule has 1 N–H and O–H groups in total. The summed E-state index contributed by atoms with van der Waals surface area (Å²) in [7, 11) is 4.35. The Morgan fingerprint density at radius 3 is 2.85 bits per heavy atom. The predicted octanol–water partition coefficient (Wildman–Crippen LogP) is 2.48. The Balaban J connectivity index is 1.92. The third kappa shape index (κ3) is 4.01. The van der Waals surface area contributed by atoms with E-state index in [1.165, 1.54) is 12.1 Å². The van der Waals surface area contributed by atoms with Crippen molar-refractivity contribution in [3.05, 3.63) is 34.1 Å². The second-order valence-corrected chi connectivity index (χ2v) is 6.55. The second kappa shape index (κ2) is 6.98. The Morgan fingerprint density at radius 2 is 2.15 bits per heavy atom. The van der Waals surface area contributed by atoms with Crippen LogP contribution in [-0.2, 0) is 0 Å². The maximum Gasteiger partial charge on any atom is 0.124 e. The highest BCUT2D eigenvalue weighted by Crippen LogP contribution is 2.24. The molecule has 1 saturated heterocycles. The summed E-state index contributed by atoms with van der Waals surface area (Å²) in [5.74, 6) is -0.207. The van der Waals surface area contributed by atoms with Crippen molar-refractivity contribution in [3.63, 3.8) is 0 Å². The quantitative estimate of drug-likeness (QED) is 0.905. The number of benzene rings is 1. The van der Waals surface area contributed by atoms with Gasteiger partial charge in [0.2, 0.25) is 0 Å². The fourth-order valence-corrected chi connectivity index (χ4v) is 3.29. The van der Waals surface area contributed by atoms with Gasteiger partial charge in [0, 0.05) is 42.7 Å². The van der Waals surface area contributed by atoms with Crippen molar-refractivity contribution in [1.29, 1.82) is 0 Å². The summed E-state index contributed by atoms with van der Waals surface area (Å²) in [5, 5.41) is 3.56. The first-order valence-electron chi connectivity index (χ1n) is 7.04. The van der Waals surface area contributed by atoms with E-state index in [1.807, 2.05) is 6.07 Å². The molecule has 5 heteroatoms. The number of likely N-dealkylation sites (N-methyl/N-ethyl adjacent to an activating group) is 2. The SMILES string of the molecule is CC(NCC1CN(C)CCN1C)c1ccc(F)cc1Br. The number of nitrogens with one attached hydrogen (secondary N) is 1. The molecule has 1 aromatic carbocycles. The van der Waals surface area contributed by atoms with Crippen LogP contribution in [0.25, 0.3) is 0 Å². The standard InChI is InChI=1S/C15H23BrFN3/c1-11(14-5-4-12(17)8-15(14)16)18-9-13-10-19(2)6-7-20(13)3/h4-5,8,11,13,18H,6-7,9-10H2,1-3H3. The Labute approximate surface area is 129 Å². The van der Waals surface area contributed by atoms with E-state index >= 15 is 0 Å². The van der Waals surface area contributed by atoms with Gasteiger partial charge in [-0.05, 0) is 38.7 Å². The van der Waals surface area contributed by atoms with Gasteiger partial charge in [0.1, 0.15) is 5.82 Å². The Hall–Kier alpha value is -0.490. The highest BCUT2D eigenvalue weighted by molar-refractivity contribution is 9.10. The van der Waals surface area contributed by atoms with Gasteiger partial charge in [-0.15, -0.1) is 0 Å². The molecule has 1 fully saturated rings. The zero-order chi connectivity index (χ0) is 14.7. The minimum absolute atomic E-state index is 0.200. The lowest BCUT2D eigenvalue weighted by molar-refractivity contribution is 0.112. The van der Waals surface area contributed by atoms with Crippen molar-refractivity contribution in [2.24, 2.45) is 0 Å². The van der Waals surface area contributed by atoms with E-state index in [0.29, 0.717) is 6.04 Å². The maximum absolute atomic E-state index is 13.1. The topological polar surface area (TPSA) is 18.5 Å². The summed E-state index contributed by atoms with van der Waals surface area (Å²) in [5.41, 5.74) is 1.10. The fraction of sp³-hybridized carbons (Fsp3) is 0.600. The molecule has 0 radical (unpaired) electrons. The molecule has 20 heavy (non-hydrogen) atoms. The number of halogens is 2. The third-order valence-electron chi connectivity index (χ3n) is 4.07. The smallest absolute Gasteiger partial charge is 0.124 e. The van der Waals surface area contributed by atoms with E-state index in [9.17, 15) is 4.39 Å². The summed E-state index contributed by atoms with van der Waals surface area (Å²) in [4.78, 5) is 4.77. The van der Waals surface area contributed by atoms with Crippen molar-refractivity contribution < 1.29 is 4.39 Å². The van der Waals surface area contributed by atoms with Crippen LogP contribution in [0.1, 0.15) is 18.5 Å². The monoisotopic (exact) mass is 343 g/mol. The zero-order valence-electron chi connectivity index (χ0n) is 12.4. The van der Waals surface area contributed by atoms with E-state index in [-0.39, 0.29) is 11.9 Å². The first kappa shape index (κ1) is 15.9. The van der Waals surface area contributed by atoms with E-state index < -0.39 is 0 Å². The van der Waals surface area contributed by atoms with Gasteiger partial charge in [0.05, 0.1) is 0 Å². The third-order valence-corrected chi connectivity index (χ3v) is 4.76. The molecular weight excluding hydrogens is 321 g/mol. The first-order chi connectivity index (χ1) is 9.47. The van der Waals surface area contributed by atoms with Gasteiger partial charge in [0.25, 0.3) is 0 Å². The lowest BCUT2D eigenvalue weighted by Gasteiger charge is -2.38. The minimum atomic E-state index is -0.207. The van der Waals surface area contributed by atoms with Crippen LogP contribution in [0.3, 0.4) is 0 Å². The van der Waals surface area contributed by atoms with E-state index in [4.69, 9.17) is 0 Å². The van der Waals surface area contributed by atoms with E-state index in [0.717, 1.165) is 36.2 Å². The molecule has 2 rings (SSSR count). The molecule has 0 aliphatic carbocycles. The van der Waals surface area contributed by atoms with Crippen LogP contribution >= 0.6 is 15.9 Å². The molecule has 1 aliphatic heterocycles. The van der Waals surface area contributed by atoms with Gasteiger partial charge in [-0.2, -0.15) is 0 Å². The minimum Gasteiger partial charge on any atom is -0.309 e. The summed E-state index contributed by atoms with van der Waals surface area (Å²) in [6, 6.07) is 5.60. The van der Waals surface area contributed by atoms with Crippen LogP contribution in [-0.4, -0.2) is 56.1 Å². The molecule has 2 unspecified atom stereocenters. The van der Waals surface area contributed by atoms with Crippen molar-refractivity contribution in [3.8, 4) is 0 Å².